The zero-order valence-corrected chi connectivity index (χ0v) is 10.8. The van der Waals surface area contributed by atoms with Gasteiger partial charge in [-0.05, 0) is 35.9 Å². The van der Waals surface area contributed by atoms with Gasteiger partial charge in [0.2, 0.25) is 0 Å². The molecule has 2 N–H and O–H groups in total. The number of anilines is 2. The highest BCUT2D eigenvalue weighted by atomic mass is 35.5. The smallest absolute Gasteiger partial charge is 0.146 e. The SMILES string of the molecule is CN(Cc1ccc(N)cc1)c1cc(Cl)ccc1F. The van der Waals surface area contributed by atoms with E-state index < -0.39 is 0 Å². The molecule has 94 valence electrons. The Kier molecular flexibility index (Phi) is 3.72. The molecule has 0 amide bonds. The van der Waals surface area contributed by atoms with Gasteiger partial charge in [0.25, 0.3) is 0 Å². The minimum Gasteiger partial charge on any atom is -0.399 e. The van der Waals surface area contributed by atoms with Crippen LogP contribution in [-0.4, -0.2) is 7.05 Å². The Balaban J connectivity index is 2.18. The lowest BCUT2D eigenvalue weighted by Gasteiger charge is -2.20. The fourth-order valence-corrected chi connectivity index (χ4v) is 1.93. The fraction of sp³-hybridized carbons (Fsp3) is 0.143. The molecule has 2 aromatic rings. The topological polar surface area (TPSA) is 29.3 Å². The average molecular weight is 265 g/mol. The molecule has 0 atom stereocenters. The number of rotatable bonds is 3. The summed E-state index contributed by atoms with van der Waals surface area (Å²) in [4.78, 5) is 1.81. The summed E-state index contributed by atoms with van der Waals surface area (Å²) in [5, 5.41) is 0.524. The first-order valence-corrected chi connectivity index (χ1v) is 5.94. The van der Waals surface area contributed by atoms with E-state index in [2.05, 4.69) is 0 Å². The van der Waals surface area contributed by atoms with Gasteiger partial charge in [0.05, 0.1) is 5.69 Å². The van der Waals surface area contributed by atoms with E-state index in [0.29, 0.717) is 17.3 Å². The largest absolute Gasteiger partial charge is 0.399 e. The number of halogens is 2. The van der Waals surface area contributed by atoms with Gasteiger partial charge in [-0.1, -0.05) is 23.7 Å². The third-order valence-electron chi connectivity index (χ3n) is 2.72. The van der Waals surface area contributed by atoms with E-state index in [1.54, 1.807) is 6.07 Å². The highest BCUT2D eigenvalue weighted by Crippen LogP contribution is 2.24. The summed E-state index contributed by atoms with van der Waals surface area (Å²) in [6.07, 6.45) is 0. The molecule has 0 spiro atoms. The lowest BCUT2D eigenvalue weighted by Crippen LogP contribution is -2.17. The van der Waals surface area contributed by atoms with Gasteiger partial charge in [0.15, 0.2) is 0 Å². The standard InChI is InChI=1S/C14H14ClFN2/c1-18(9-10-2-5-12(17)6-3-10)14-8-11(15)4-7-13(14)16/h2-8H,9,17H2,1H3. The van der Waals surface area contributed by atoms with Crippen molar-refractivity contribution < 1.29 is 4.39 Å². The van der Waals surface area contributed by atoms with Crippen LogP contribution in [0.5, 0.6) is 0 Å². The molecule has 0 unspecified atom stereocenters. The normalized spacial score (nSPS) is 10.4. The van der Waals surface area contributed by atoms with Crippen LogP contribution in [0.3, 0.4) is 0 Å². The van der Waals surface area contributed by atoms with E-state index >= 15 is 0 Å². The van der Waals surface area contributed by atoms with E-state index in [1.807, 2.05) is 36.2 Å². The van der Waals surface area contributed by atoms with Gasteiger partial charge in [0.1, 0.15) is 5.82 Å². The van der Waals surface area contributed by atoms with E-state index in [-0.39, 0.29) is 5.82 Å². The quantitative estimate of drug-likeness (QED) is 0.857. The Morgan fingerprint density at radius 1 is 1.17 bits per heavy atom. The Morgan fingerprint density at radius 2 is 1.83 bits per heavy atom. The first-order valence-electron chi connectivity index (χ1n) is 5.57. The molecule has 0 aliphatic carbocycles. The second-order valence-corrected chi connectivity index (χ2v) is 4.63. The lowest BCUT2D eigenvalue weighted by atomic mass is 10.2. The molecular weight excluding hydrogens is 251 g/mol. The molecule has 0 bridgehead atoms. The Bertz CT molecular complexity index is 540. The Morgan fingerprint density at radius 3 is 2.50 bits per heavy atom. The van der Waals surface area contributed by atoms with Crippen molar-refractivity contribution in [2.24, 2.45) is 0 Å². The molecule has 0 aliphatic heterocycles. The van der Waals surface area contributed by atoms with Crippen LogP contribution >= 0.6 is 11.6 Å². The first kappa shape index (κ1) is 12.7. The average Bonchev–Trinajstić information content (AvgIpc) is 2.35. The number of benzene rings is 2. The van der Waals surface area contributed by atoms with Crippen molar-refractivity contribution >= 4 is 23.0 Å². The summed E-state index contributed by atoms with van der Waals surface area (Å²) in [6, 6.07) is 12.0. The summed E-state index contributed by atoms with van der Waals surface area (Å²) < 4.78 is 13.7. The molecule has 0 saturated heterocycles. The molecule has 0 radical (unpaired) electrons. The van der Waals surface area contributed by atoms with Crippen molar-refractivity contribution in [2.45, 2.75) is 6.54 Å². The summed E-state index contributed by atoms with van der Waals surface area (Å²) in [5.74, 6) is -0.280. The van der Waals surface area contributed by atoms with Gasteiger partial charge in [-0.25, -0.2) is 4.39 Å². The van der Waals surface area contributed by atoms with E-state index in [9.17, 15) is 4.39 Å². The van der Waals surface area contributed by atoms with Gasteiger partial charge in [-0.2, -0.15) is 0 Å². The van der Waals surface area contributed by atoms with Crippen LogP contribution in [0.1, 0.15) is 5.56 Å². The number of hydrogen-bond donors (Lipinski definition) is 1. The second kappa shape index (κ2) is 5.27. The molecule has 0 aliphatic rings. The van der Waals surface area contributed by atoms with Crippen molar-refractivity contribution in [3.05, 3.63) is 58.9 Å². The zero-order valence-electron chi connectivity index (χ0n) is 10.0. The summed E-state index contributed by atoms with van der Waals surface area (Å²) in [5.41, 5.74) is 7.89. The number of nitrogen functional groups attached to an aromatic ring is 1. The van der Waals surface area contributed by atoms with E-state index in [0.717, 1.165) is 11.3 Å². The molecule has 0 saturated carbocycles. The maximum absolute atomic E-state index is 13.7. The molecule has 0 fully saturated rings. The molecule has 2 rings (SSSR count). The van der Waals surface area contributed by atoms with E-state index in [1.165, 1.54) is 12.1 Å². The van der Waals surface area contributed by atoms with Crippen molar-refractivity contribution in [2.75, 3.05) is 17.7 Å². The summed E-state index contributed by atoms with van der Waals surface area (Å²) >= 11 is 5.87. The zero-order chi connectivity index (χ0) is 13.1. The van der Waals surface area contributed by atoms with Gasteiger partial charge in [-0.3, -0.25) is 0 Å². The monoisotopic (exact) mass is 264 g/mol. The third kappa shape index (κ3) is 2.93. The van der Waals surface area contributed by atoms with Crippen molar-refractivity contribution in [1.29, 1.82) is 0 Å². The maximum Gasteiger partial charge on any atom is 0.146 e. The first-order chi connectivity index (χ1) is 8.56. The third-order valence-corrected chi connectivity index (χ3v) is 2.95. The van der Waals surface area contributed by atoms with Gasteiger partial charge in [-0.15, -0.1) is 0 Å². The van der Waals surface area contributed by atoms with Crippen molar-refractivity contribution in [3.8, 4) is 0 Å². The molecular formula is C14H14ClFN2. The van der Waals surface area contributed by atoms with Gasteiger partial charge in [0, 0.05) is 24.3 Å². The minimum atomic E-state index is -0.280. The lowest BCUT2D eigenvalue weighted by molar-refractivity contribution is 0.622. The molecule has 0 aromatic heterocycles. The number of nitrogens with zero attached hydrogens (tertiary/aromatic N) is 1. The maximum atomic E-state index is 13.7. The van der Waals surface area contributed by atoms with Crippen LogP contribution in [0.15, 0.2) is 42.5 Å². The van der Waals surface area contributed by atoms with Gasteiger partial charge >= 0.3 is 0 Å². The molecule has 2 nitrogen and oxygen atoms in total. The van der Waals surface area contributed by atoms with Gasteiger partial charge < -0.3 is 10.6 Å². The predicted molar refractivity (Wildman–Crippen MR) is 74.4 cm³/mol. The molecule has 2 aromatic carbocycles. The predicted octanol–water partition coefficient (Wildman–Crippen LogP) is 3.70. The van der Waals surface area contributed by atoms with Crippen molar-refractivity contribution in [3.63, 3.8) is 0 Å². The number of hydrogen-bond acceptors (Lipinski definition) is 2. The highest BCUT2D eigenvalue weighted by molar-refractivity contribution is 6.30. The second-order valence-electron chi connectivity index (χ2n) is 4.19. The van der Waals surface area contributed by atoms with Crippen LogP contribution in [0.25, 0.3) is 0 Å². The highest BCUT2D eigenvalue weighted by Gasteiger charge is 2.08. The molecule has 4 heteroatoms. The van der Waals surface area contributed by atoms with Crippen LogP contribution < -0.4 is 10.6 Å². The van der Waals surface area contributed by atoms with Crippen LogP contribution in [0, 0.1) is 5.82 Å². The van der Waals surface area contributed by atoms with Crippen LogP contribution in [0.4, 0.5) is 15.8 Å². The molecule has 0 heterocycles. The van der Waals surface area contributed by atoms with Crippen molar-refractivity contribution in [1.82, 2.24) is 0 Å². The fourth-order valence-electron chi connectivity index (χ4n) is 1.76. The van der Waals surface area contributed by atoms with Crippen LogP contribution in [-0.2, 0) is 6.54 Å². The number of nitrogens with two attached hydrogens (primary N) is 1. The van der Waals surface area contributed by atoms with Crippen LogP contribution in [0.2, 0.25) is 5.02 Å². The minimum absolute atomic E-state index is 0.280. The molecule has 18 heavy (non-hydrogen) atoms. The summed E-state index contributed by atoms with van der Waals surface area (Å²) in [7, 11) is 1.82. The Labute approximate surface area is 111 Å². The van der Waals surface area contributed by atoms with E-state index in [4.69, 9.17) is 17.3 Å². The Hall–Kier alpha value is -1.74. The summed E-state index contributed by atoms with van der Waals surface area (Å²) in [6.45, 7) is 0.595.